The molecule has 11 nitrogen and oxygen atoms in total. The number of rotatable bonds is 8. The summed E-state index contributed by atoms with van der Waals surface area (Å²) in [5.74, 6) is 1.18. The van der Waals surface area contributed by atoms with E-state index in [1.165, 1.54) is 24.3 Å². The van der Waals surface area contributed by atoms with Crippen LogP contribution in [0.5, 0.6) is 11.6 Å². The van der Waals surface area contributed by atoms with Crippen LogP contribution in [0.25, 0.3) is 17.0 Å². The van der Waals surface area contributed by atoms with Crippen LogP contribution in [0.2, 0.25) is 0 Å². The Balaban J connectivity index is 1.39. The highest BCUT2D eigenvalue weighted by molar-refractivity contribution is 5.94. The topological polar surface area (TPSA) is 134 Å². The number of carbonyl (C=O) groups is 1. The van der Waals surface area contributed by atoms with Gasteiger partial charge in [0.05, 0.1) is 18.6 Å². The number of nitrogens with zero attached hydrogens (tertiary/aromatic N) is 5. The van der Waals surface area contributed by atoms with Gasteiger partial charge < -0.3 is 14.8 Å². The van der Waals surface area contributed by atoms with Gasteiger partial charge in [0.2, 0.25) is 5.88 Å². The summed E-state index contributed by atoms with van der Waals surface area (Å²) in [5, 5.41) is 26.2. The molecule has 0 unspecified atom stereocenters. The molecule has 1 N–H and O–H groups in total. The number of nitro benzene ring substituents is 1. The summed E-state index contributed by atoms with van der Waals surface area (Å²) in [6.07, 6.45) is 0. The maximum Gasteiger partial charge on any atom is 0.270 e. The first-order valence-electron chi connectivity index (χ1n) is 9.57. The fourth-order valence-corrected chi connectivity index (χ4v) is 2.95. The molecule has 4 aromatic rings. The second-order valence-electron chi connectivity index (χ2n) is 6.61. The van der Waals surface area contributed by atoms with Gasteiger partial charge in [-0.25, -0.2) is 0 Å². The molecule has 2 aromatic carbocycles. The van der Waals surface area contributed by atoms with Crippen LogP contribution >= 0.6 is 0 Å². The lowest BCUT2D eigenvalue weighted by atomic mass is 10.2. The van der Waals surface area contributed by atoms with E-state index in [0.29, 0.717) is 17.4 Å². The smallest absolute Gasteiger partial charge is 0.270 e. The highest BCUT2D eigenvalue weighted by atomic mass is 16.6. The largest absolute Gasteiger partial charge is 0.497 e. The maximum absolute atomic E-state index is 12.2. The van der Waals surface area contributed by atoms with Crippen LogP contribution in [0.15, 0.2) is 60.7 Å². The summed E-state index contributed by atoms with van der Waals surface area (Å²) in [6.45, 7) is 0.341. The maximum atomic E-state index is 12.2. The number of amides is 1. The Bertz CT molecular complexity index is 1270. The molecule has 0 aliphatic rings. The van der Waals surface area contributed by atoms with Crippen LogP contribution in [0.3, 0.4) is 0 Å². The molecular weight excluding hydrogens is 416 g/mol. The molecule has 0 spiro atoms. The number of nitro groups is 1. The Morgan fingerprint density at radius 1 is 1.12 bits per heavy atom. The van der Waals surface area contributed by atoms with Gasteiger partial charge in [-0.05, 0) is 36.4 Å². The monoisotopic (exact) mass is 434 g/mol. The van der Waals surface area contributed by atoms with E-state index in [-0.39, 0.29) is 24.4 Å². The second kappa shape index (κ2) is 9.08. The van der Waals surface area contributed by atoms with Gasteiger partial charge in [-0.1, -0.05) is 6.07 Å². The van der Waals surface area contributed by atoms with E-state index in [2.05, 4.69) is 20.6 Å². The van der Waals surface area contributed by atoms with Crippen LogP contribution in [-0.4, -0.2) is 50.9 Å². The van der Waals surface area contributed by atoms with Crippen molar-refractivity contribution in [1.29, 1.82) is 0 Å². The number of non-ortho nitro benzene ring substituents is 1. The molecule has 0 bridgehead atoms. The van der Waals surface area contributed by atoms with Crippen LogP contribution in [-0.2, 0) is 0 Å². The van der Waals surface area contributed by atoms with E-state index in [0.717, 1.165) is 11.3 Å². The predicted octanol–water partition coefficient (Wildman–Crippen LogP) is 2.52. The van der Waals surface area contributed by atoms with Crippen molar-refractivity contribution in [2.24, 2.45) is 0 Å². The Morgan fingerprint density at radius 2 is 1.94 bits per heavy atom. The molecular formula is C21H18N6O5. The van der Waals surface area contributed by atoms with Crippen molar-refractivity contribution in [1.82, 2.24) is 25.1 Å². The number of carbonyl (C=O) groups excluding carboxylic acids is 1. The minimum atomic E-state index is -0.549. The van der Waals surface area contributed by atoms with Crippen molar-refractivity contribution < 1.29 is 19.2 Å². The van der Waals surface area contributed by atoms with E-state index in [1.807, 2.05) is 24.3 Å². The first-order valence-corrected chi connectivity index (χ1v) is 9.57. The predicted molar refractivity (Wildman–Crippen MR) is 114 cm³/mol. The molecule has 0 radical (unpaired) electrons. The number of aromatic nitrogens is 4. The molecule has 0 atom stereocenters. The summed E-state index contributed by atoms with van der Waals surface area (Å²) < 4.78 is 12.4. The van der Waals surface area contributed by atoms with Crippen LogP contribution in [0.4, 0.5) is 5.69 Å². The molecule has 0 aliphatic carbocycles. The van der Waals surface area contributed by atoms with Crippen molar-refractivity contribution >= 4 is 17.2 Å². The molecule has 0 fully saturated rings. The van der Waals surface area contributed by atoms with Gasteiger partial charge in [-0.3, -0.25) is 14.9 Å². The molecule has 0 aliphatic heterocycles. The SMILES string of the molecule is COc1ccc(-c2nnc3ccc(OCCNC(=O)c4cccc([N+](=O)[O-])c4)nn23)cc1. The zero-order valence-electron chi connectivity index (χ0n) is 17.0. The molecule has 32 heavy (non-hydrogen) atoms. The molecule has 0 saturated carbocycles. The lowest BCUT2D eigenvalue weighted by Gasteiger charge is -2.08. The lowest BCUT2D eigenvalue weighted by molar-refractivity contribution is -0.384. The average Bonchev–Trinajstić information content (AvgIpc) is 3.25. The lowest BCUT2D eigenvalue weighted by Crippen LogP contribution is -2.28. The van der Waals surface area contributed by atoms with Crippen molar-refractivity contribution in [3.63, 3.8) is 0 Å². The number of methoxy groups -OCH3 is 1. The molecule has 0 saturated heterocycles. The number of fused-ring (bicyclic) bond motifs is 1. The summed E-state index contributed by atoms with van der Waals surface area (Å²) in [7, 11) is 1.60. The van der Waals surface area contributed by atoms with E-state index in [1.54, 1.807) is 23.8 Å². The highest BCUT2D eigenvalue weighted by Crippen LogP contribution is 2.21. The first-order chi connectivity index (χ1) is 15.5. The van der Waals surface area contributed by atoms with Crippen LogP contribution in [0.1, 0.15) is 10.4 Å². The Kier molecular flexibility index (Phi) is 5.88. The fraction of sp³-hybridized carbons (Fsp3) is 0.143. The molecule has 2 heterocycles. The van der Waals surface area contributed by atoms with E-state index < -0.39 is 10.8 Å². The third kappa shape index (κ3) is 4.46. The quantitative estimate of drug-likeness (QED) is 0.254. The third-order valence-corrected chi connectivity index (χ3v) is 4.54. The number of ether oxygens (including phenoxy) is 2. The normalized spacial score (nSPS) is 10.7. The number of hydrogen-bond acceptors (Lipinski definition) is 8. The van der Waals surface area contributed by atoms with Gasteiger partial charge in [0, 0.05) is 29.3 Å². The van der Waals surface area contributed by atoms with E-state index >= 15 is 0 Å². The number of benzene rings is 2. The summed E-state index contributed by atoms with van der Waals surface area (Å²) >= 11 is 0. The number of hydrogen-bond donors (Lipinski definition) is 1. The van der Waals surface area contributed by atoms with Gasteiger partial charge in [0.15, 0.2) is 11.5 Å². The minimum Gasteiger partial charge on any atom is -0.497 e. The zero-order chi connectivity index (χ0) is 22.5. The fourth-order valence-electron chi connectivity index (χ4n) is 2.95. The Hall–Kier alpha value is -4.54. The van der Waals surface area contributed by atoms with Crippen LogP contribution < -0.4 is 14.8 Å². The summed E-state index contributed by atoms with van der Waals surface area (Å²) in [6, 6.07) is 16.2. The van der Waals surface area contributed by atoms with Gasteiger partial charge in [0.25, 0.3) is 11.6 Å². The molecule has 162 valence electrons. The van der Waals surface area contributed by atoms with Gasteiger partial charge in [0.1, 0.15) is 12.4 Å². The Labute approximate surface area is 181 Å². The Morgan fingerprint density at radius 3 is 2.69 bits per heavy atom. The van der Waals surface area contributed by atoms with Gasteiger partial charge in [-0.15, -0.1) is 15.3 Å². The summed E-state index contributed by atoms with van der Waals surface area (Å²) in [5.41, 5.74) is 1.43. The molecule has 2 aromatic heterocycles. The van der Waals surface area contributed by atoms with Gasteiger partial charge >= 0.3 is 0 Å². The third-order valence-electron chi connectivity index (χ3n) is 4.54. The summed E-state index contributed by atoms with van der Waals surface area (Å²) in [4.78, 5) is 22.5. The number of nitrogens with one attached hydrogen (secondary N) is 1. The minimum absolute atomic E-state index is 0.145. The van der Waals surface area contributed by atoms with Crippen molar-refractivity contribution in [3.8, 4) is 23.0 Å². The molecule has 1 amide bonds. The van der Waals surface area contributed by atoms with Crippen molar-refractivity contribution in [3.05, 3.63) is 76.3 Å². The van der Waals surface area contributed by atoms with E-state index in [4.69, 9.17) is 9.47 Å². The average molecular weight is 434 g/mol. The van der Waals surface area contributed by atoms with Gasteiger partial charge in [-0.2, -0.15) is 4.52 Å². The standard InChI is InChI=1S/C21H18N6O5/c1-31-17-7-5-14(6-8-17)20-24-23-18-9-10-19(25-26(18)20)32-12-11-22-21(28)15-3-2-4-16(13-15)27(29)30/h2-10,13H,11-12H2,1H3,(H,22,28). The van der Waals surface area contributed by atoms with Crippen molar-refractivity contribution in [2.45, 2.75) is 0 Å². The second-order valence-corrected chi connectivity index (χ2v) is 6.61. The van der Waals surface area contributed by atoms with E-state index in [9.17, 15) is 14.9 Å². The molecule has 11 heteroatoms. The van der Waals surface area contributed by atoms with Crippen molar-refractivity contribution in [2.75, 3.05) is 20.3 Å². The highest BCUT2D eigenvalue weighted by Gasteiger charge is 2.12. The zero-order valence-corrected chi connectivity index (χ0v) is 17.0. The molecule has 4 rings (SSSR count). The first kappa shape index (κ1) is 20.7. The van der Waals surface area contributed by atoms with Crippen LogP contribution in [0, 0.1) is 10.1 Å².